The Morgan fingerprint density at radius 2 is 1.92 bits per heavy atom. The first-order chi connectivity index (χ1) is 12.2. The van der Waals surface area contributed by atoms with Gasteiger partial charge in [0.2, 0.25) is 5.95 Å². The summed E-state index contributed by atoms with van der Waals surface area (Å²) in [5.74, 6) is 1.26. The van der Waals surface area contributed by atoms with Crippen molar-refractivity contribution in [2.24, 2.45) is 0 Å². The minimum atomic E-state index is 0.499. The van der Waals surface area contributed by atoms with E-state index >= 15 is 0 Å². The molecule has 3 rings (SSSR count). The molecule has 0 amide bonds. The molecule has 0 saturated heterocycles. The van der Waals surface area contributed by atoms with E-state index in [0.29, 0.717) is 12.5 Å². The van der Waals surface area contributed by atoms with E-state index in [2.05, 4.69) is 57.4 Å². The summed E-state index contributed by atoms with van der Waals surface area (Å²) in [6.45, 7) is 5.57. The minimum Gasteiger partial charge on any atom is -0.349 e. The number of nitrogens with zero attached hydrogens (tertiary/aromatic N) is 4. The highest BCUT2D eigenvalue weighted by molar-refractivity contribution is 6.30. The molecule has 6 heteroatoms. The average Bonchev–Trinajstić information content (AvgIpc) is 2.62. The van der Waals surface area contributed by atoms with Crippen molar-refractivity contribution in [2.75, 3.05) is 16.8 Å². The van der Waals surface area contributed by atoms with Gasteiger partial charge in [-0.2, -0.15) is 10.1 Å². The number of hydrogen-bond donors (Lipinski definition) is 1. The first kappa shape index (κ1) is 17.2. The second-order valence-corrected chi connectivity index (χ2v) is 6.14. The van der Waals surface area contributed by atoms with Crippen LogP contribution in [0.5, 0.6) is 0 Å². The van der Waals surface area contributed by atoms with Gasteiger partial charge in [-0.15, -0.1) is 5.10 Å². The molecule has 3 aromatic rings. The van der Waals surface area contributed by atoms with Crippen LogP contribution in [0.4, 0.5) is 17.5 Å². The number of anilines is 3. The molecule has 0 aliphatic heterocycles. The van der Waals surface area contributed by atoms with Gasteiger partial charge < -0.3 is 10.2 Å². The molecule has 1 N–H and O–H groups in total. The van der Waals surface area contributed by atoms with Crippen LogP contribution in [0.3, 0.4) is 0 Å². The van der Waals surface area contributed by atoms with Crippen molar-refractivity contribution < 1.29 is 0 Å². The van der Waals surface area contributed by atoms with Crippen molar-refractivity contribution in [1.29, 1.82) is 0 Å². The van der Waals surface area contributed by atoms with Crippen molar-refractivity contribution in [1.82, 2.24) is 15.2 Å². The maximum absolute atomic E-state index is 5.91. The monoisotopic (exact) mass is 353 g/mol. The van der Waals surface area contributed by atoms with Gasteiger partial charge in [0.25, 0.3) is 0 Å². The maximum atomic E-state index is 5.91. The molecule has 1 heterocycles. The zero-order valence-electron chi connectivity index (χ0n) is 14.3. The van der Waals surface area contributed by atoms with Gasteiger partial charge in [-0.25, -0.2) is 0 Å². The molecule has 1 aromatic heterocycles. The first-order valence-corrected chi connectivity index (χ1v) is 8.56. The third kappa shape index (κ3) is 4.45. The third-order valence-corrected chi connectivity index (χ3v) is 4.07. The lowest BCUT2D eigenvalue weighted by atomic mass is 10.2. The van der Waals surface area contributed by atoms with Crippen LogP contribution in [-0.2, 0) is 6.54 Å². The van der Waals surface area contributed by atoms with E-state index < -0.39 is 0 Å². The lowest BCUT2D eigenvalue weighted by molar-refractivity contribution is 0.905. The van der Waals surface area contributed by atoms with Gasteiger partial charge in [-0.1, -0.05) is 35.9 Å². The van der Waals surface area contributed by atoms with Crippen LogP contribution in [0.1, 0.15) is 18.1 Å². The molecule has 0 fully saturated rings. The normalized spacial score (nSPS) is 10.5. The SMILES string of the molecule is CCN(c1cccc(C)c1)c1cnnc(NCc2ccc(Cl)cc2)n1. The van der Waals surface area contributed by atoms with Crippen molar-refractivity contribution in [2.45, 2.75) is 20.4 Å². The highest BCUT2D eigenvalue weighted by Crippen LogP contribution is 2.24. The van der Waals surface area contributed by atoms with Gasteiger partial charge in [0.15, 0.2) is 5.82 Å². The van der Waals surface area contributed by atoms with Gasteiger partial charge in [-0.3, -0.25) is 0 Å². The topological polar surface area (TPSA) is 53.9 Å². The van der Waals surface area contributed by atoms with Crippen molar-refractivity contribution in [3.8, 4) is 0 Å². The van der Waals surface area contributed by atoms with Crippen molar-refractivity contribution in [3.63, 3.8) is 0 Å². The molecule has 0 atom stereocenters. The Labute approximate surface area is 152 Å². The largest absolute Gasteiger partial charge is 0.349 e. The smallest absolute Gasteiger partial charge is 0.244 e. The van der Waals surface area contributed by atoms with Crippen LogP contribution in [0.15, 0.2) is 54.7 Å². The summed E-state index contributed by atoms with van der Waals surface area (Å²) in [6.07, 6.45) is 1.68. The Hall–Kier alpha value is -2.66. The molecule has 0 saturated carbocycles. The molecule has 2 aromatic carbocycles. The van der Waals surface area contributed by atoms with Crippen molar-refractivity contribution in [3.05, 3.63) is 70.9 Å². The maximum Gasteiger partial charge on any atom is 0.244 e. The predicted molar refractivity (Wildman–Crippen MR) is 102 cm³/mol. The van der Waals surface area contributed by atoms with Crippen LogP contribution < -0.4 is 10.2 Å². The van der Waals surface area contributed by atoms with Crippen LogP contribution >= 0.6 is 11.6 Å². The highest BCUT2D eigenvalue weighted by Gasteiger charge is 2.11. The van der Waals surface area contributed by atoms with Gasteiger partial charge in [0.1, 0.15) is 0 Å². The fourth-order valence-electron chi connectivity index (χ4n) is 2.56. The zero-order valence-corrected chi connectivity index (χ0v) is 15.0. The van der Waals surface area contributed by atoms with E-state index in [0.717, 1.165) is 28.6 Å². The van der Waals surface area contributed by atoms with Gasteiger partial charge in [-0.05, 0) is 49.2 Å². The number of nitrogens with one attached hydrogen (secondary N) is 1. The van der Waals surface area contributed by atoms with Crippen LogP contribution in [-0.4, -0.2) is 21.7 Å². The number of aryl methyl sites for hydroxylation is 1. The number of hydrogen-bond acceptors (Lipinski definition) is 5. The van der Waals surface area contributed by atoms with E-state index in [9.17, 15) is 0 Å². The van der Waals surface area contributed by atoms with Crippen LogP contribution in [0.2, 0.25) is 5.02 Å². The predicted octanol–water partition coefficient (Wildman–Crippen LogP) is 4.60. The molecule has 0 aliphatic rings. The molecular formula is C19H20ClN5. The summed E-state index contributed by atoms with van der Waals surface area (Å²) in [7, 11) is 0. The van der Waals surface area contributed by atoms with E-state index in [1.54, 1.807) is 6.20 Å². The third-order valence-electron chi connectivity index (χ3n) is 3.82. The highest BCUT2D eigenvalue weighted by atomic mass is 35.5. The standard InChI is InChI=1S/C19H20ClN5/c1-3-25(17-6-4-5-14(2)11-17)18-13-22-24-19(23-18)21-12-15-7-9-16(20)10-8-15/h4-11,13H,3,12H2,1-2H3,(H,21,23,24). The van der Waals surface area contributed by atoms with Gasteiger partial charge in [0, 0.05) is 23.8 Å². The fourth-order valence-corrected chi connectivity index (χ4v) is 2.68. The van der Waals surface area contributed by atoms with Crippen molar-refractivity contribution >= 4 is 29.1 Å². The number of aromatic nitrogens is 3. The number of halogens is 1. The summed E-state index contributed by atoms with van der Waals surface area (Å²) < 4.78 is 0. The summed E-state index contributed by atoms with van der Waals surface area (Å²) >= 11 is 5.91. The Bertz CT molecular complexity index is 835. The average molecular weight is 354 g/mol. The second-order valence-electron chi connectivity index (χ2n) is 5.70. The molecular weight excluding hydrogens is 334 g/mol. The Kier molecular flexibility index (Phi) is 5.46. The molecule has 0 radical (unpaired) electrons. The molecule has 0 bridgehead atoms. The molecule has 128 valence electrons. The molecule has 0 unspecified atom stereocenters. The Morgan fingerprint density at radius 3 is 2.64 bits per heavy atom. The van der Waals surface area contributed by atoms with Crippen LogP contribution in [0, 0.1) is 6.92 Å². The second kappa shape index (κ2) is 7.94. The zero-order chi connectivity index (χ0) is 17.6. The molecule has 5 nitrogen and oxygen atoms in total. The summed E-state index contributed by atoms with van der Waals surface area (Å²) in [4.78, 5) is 6.70. The quantitative estimate of drug-likeness (QED) is 0.701. The fraction of sp³-hybridized carbons (Fsp3) is 0.211. The van der Waals surface area contributed by atoms with E-state index in [1.165, 1.54) is 5.56 Å². The summed E-state index contributed by atoms with van der Waals surface area (Å²) in [6, 6.07) is 16.0. The lowest BCUT2D eigenvalue weighted by Crippen LogP contribution is -2.19. The van der Waals surface area contributed by atoms with Gasteiger partial charge >= 0.3 is 0 Å². The number of rotatable bonds is 6. The lowest BCUT2D eigenvalue weighted by Gasteiger charge is -2.22. The molecule has 25 heavy (non-hydrogen) atoms. The summed E-state index contributed by atoms with van der Waals surface area (Å²) in [5.41, 5.74) is 3.40. The molecule has 0 spiro atoms. The first-order valence-electron chi connectivity index (χ1n) is 8.18. The molecule has 0 aliphatic carbocycles. The Balaban J connectivity index is 1.76. The minimum absolute atomic E-state index is 0.499. The number of benzene rings is 2. The van der Waals surface area contributed by atoms with E-state index in [-0.39, 0.29) is 0 Å². The Morgan fingerprint density at radius 1 is 1.12 bits per heavy atom. The van der Waals surface area contributed by atoms with E-state index in [4.69, 9.17) is 11.6 Å². The summed E-state index contributed by atoms with van der Waals surface area (Å²) in [5, 5.41) is 12.1. The van der Waals surface area contributed by atoms with Gasteiger partial charge in [0.05, 0.1) is 6.20 Å². The van der Waals surface area contributed by atoms with E-state index in [1.807, 2.05) is 30.3 Å². The van der Waals surface area contributed by atoms with Crippen LogP contribution in [0.25, 0.3) is 0 Å².